The number of para-hydroxylation sites is 1. The highest BCUT2D eigenvalue weighted by Crippen LogP contribution is 2.27. The Labute approximate surface area is 140 Å². The average Bonchev–Trinajstić information content (AvgIpc) is 2.64. The van der Waals surface area contributed by atoms with Gasteiger partial charge in [-0.1, -0.05) is 66.7 Å². The van der Waals surface area contributed by atoms with E-state index in [4.69, 9.17) is 0 Å². The summed E-state index contributed by atoms with van der Waals surface area (Å²) in [4.78, 5) is 13.0. The van der Waals surface area contributed by atoms with E-state index in [2.05, 4.69) is 12.1 Å². The van der Waals surface area contributed by atoms with Crippen LogP contribution in [0.15, 0.2) is 89.9 Å². The summed E-state index contributed by atoms with van der Waals surface area (Å²) in [5.41, 5.74) is 4.18. The molecule has 0 aliphatic heterocycles. The number of pyridine rings is 1. The van der Waals surface area contributed by atoms with E-state index in [1.165, 1.54) is 0 Å². The smallest absolute Gasteiger partial charge is 0.262 e. The Hall–Kier alpha value is -3.13. The third kappa shape index (κ3) is 2.33. The lowest BCUT2D eigenvalue weighted by atomic mass is 10.0. The van der Waals surface area contributed by atoms with Crippen molar-refractivity contribution in [3.8, 4) is 16.8 Å². The predicted molar refractivity (Wildman–Crippen MR) is 99.7 cm³/mol. The van der Waals surface area contributed by atoms with Crippen molar-refractivity contribution in [3.05, 3.63) is 101 Å². The van der Waals surface area contributed by atoms with Crippen molar-refractivity contribution >= 4 is 10.8 Å². The second-order valence-corrected chi connectivity index (χ2v) is 5.92. The SMILES string of the molecule is Cc1ccccc1-n1cc(-c2ccccc2)c2ccccc2c1=O. The van der Waals surface area contributed by atoms with Crippen molar-refractivity contribution in [2.45, 2.75) is 6.92 Å². The maximum absolute atomic E-state index is 13.0. The highest BCUT2D eigenvalue weighted by Gasteiger charge is 2.12. The van der Waals surface area contributed by atoms with E-state index in [1.807, 2.05) is 79.9 Å². The summed E-state index contributed by atoms with van der Waals surface area (Å²) in [6.07, 6.45) is 1.96. The fourth-order valence-corrected chi connectivity index (χ4v) is 3.15. The van der Waals surface area contributed by atoms with Gasteiger partial charge in [0.1, 0.15) is 0 Å². The Kier molecular flexibility index (Phi) is 3.51. The van der Waals surface area contributed by atoms with E-state index in [0.29, 0.717) is 0 Å². The number of nitrogens with zero attached hydrogens (tertiary/aromatic N) is 1. The molecule has 2 heteroatoms. The van der Waals surface area contributed by atoms with E-state index >= 15 is 0 Å². The topological polar surface area (TPSA) is 22.0 Å². The number of hydrogen-bond acceptors (Lipinski definition) is 1. The minimum atomic E-state index is 0.0135. The first-order chi connectivity index (χ1) is 11.8. The van der Waals surface area contributed by atoms with Gasteiger partial charge >= 0.3 is 0 Å². The van der Waals surface area contributed by atoms with Gasteiger partial charge in [-0.2, -0.15) is 0 Å². The molecule has 0 spiro atoms. The number of hydrogen-bond donors (Lipinski definition) is 0. The molecule has 0 radical (unpaired) electrons. The third-order valence-corrected chi connectivity index (χ3v) is 4.38. The molecule has 0 aliphatic carbocycles. The molecule has 116 valence electrons. The zero-order valence-corrected chi connectivity index (χ0v) is 13.4. The summed E-state index contributed by atoms with van der Waals surface area (Å²) >= 11 is 0. The number of aromatic nitrogens is 1. The largest absolute Gasteiger partial charge is 0.283 e. The first kappa shape index (κ1) is 14.5. The molecule has 1 aromatic heterocycles. The Bertz CT molecular complexity index is 1080. The standard InChI is InChI=1S/C22H17NO/c1-16-9-5-8-14-21(16)23-15-20(17-10-3-2-4-11-17)18-12-6-7-13-19(18)22(23)24/h2-15H,1H3. The fraction of sp³-hybridized carbons (Fsp3) is 0.0455. The number of benzene rings is 3. The monoisotopic (exact) mass is 311 g/mol. The van der Waals surface area contributed by atoms with Crippen molar-refractivity contribution in [1.29, 1.82) is 0 Å². The molecule has 0 unspecified atom stereocenters. The minimum Gasteiger partial charge on any atom is -0.283 e. The first-order valence-corrected chi connectivity index (χ1v) is 8.01. The summed E-state index contributed by atoms with van der Waals surface area (Å²) in [7, 11) is 0. The van der Waals surface area contributed by atoms with Gasteiger partial charge in [0.15, 0.2) is 0 Å². The molecule has 1 heterocycles. The normalized spacial score (nSPS) is 10.9. The van der Waals surface area contributed by atoms with Gasteiger partial charge in [0.05, 0.1) is 5.69 Å². The molecule has 3 aromatic carbocycles. The lowest BCUT2D eigenvalue weighted by Crippen LogP contribution is -2.19. The van der Waals surface area contributed by atoms with Crippen LogP contribution in [0.3, 0.4) is 0 Å². The number of rotatable bonds is 2. The zero-order valence-electron chi connectivity index (χ0n) is 13.4. The van der Waals surface area contributed by atoms with Crippen molar-refractivity contribution < 1.29 is 0 Å². The van der Waals surface area contributed by atoms with Crippen molar-refractivity contribution in [2.24, 2.45) is 0 Å². The highest BCUT2D eigenvalue weighted by atomic mass is 16.1. The van der Waals surface area contributed by atoms with Crippen molar-refractivity contribution in [2.75, 3.05) is 0 Å². The average molecular weight is 311 g/mol. The number of fused-ring (bicyclic) bond motifs is 1. The van der Waals surface area contributed by atoms with Gasteiger partial charge in [-0.3, -0.25) is 9.36 Å². The second kappa shape index (κ2) is 5.82. The number of aryl methyl sites for hydroxylation is 1. The van der Waals surface area contributed by atoms with Gasteiger partial charge in [0.25, 0.3) is 5.56 Å². The van der Waals surface area contributed by atoms with Crippen LogP contribution in [0.5, 0.6) is 0 Å². The molecule has 2 nitrogen and oxygen atoms in total. The van der Waals surface area contributed by atoms with Crippen LogP contribution in [-0.4, -0.2) is 4.57 Å². The molecule has 24 heavy (non-hydrogen) atoms. The summed E-state index contributed by atoms with van der Waals surface area (Å²) in [6.45, 7) is 2.03. The molecule has 0 amide bonds. The Morgan fingerprint density at radius 1 is 0.708 bits per heavy atom. The van der Waals surface area contributed by atoms with Gasteiger partial charge in [-0.15, -0.1) is 0 Å². The van der Waals surface area contributed by atoms with Crippen LogP contribution in [0.4, 0.5) is 0 Å². The molecular formula is C22H17NO. The molecule has 0 bridgehead atoms. The van der Waals surface area contributed by atoms with Crippen molar-refractivity contribution in [1.82, 2.24) is 4.57 Å². The molecule has 0 saturated carbocycles. The second-order valence-electron chi connectivity index (χ2n) is 5.92. The van der Waals surface area contributed by atoms with Gasteiger partial charge in [-0.25, -0.2) is 0 Å². The predicted octanol–water partition coefficient (Wildman–Crippen LogP) is 4.97. The molecular weight excluding hydrogens is 294 g/mol. The lowest BCUT2D eigenvalue weighted by Gasteiger charge is -2.14. The maximum atomic E-state index is 13.0. The van der Waals surface area contributed by atoms with E-state index in [-0.39, 0.29) is 5.56 Å². The van der Waals surface area contributed by atoms with E-state index in [0.717, 1.165) is 33.2 Å². The highest BCUT2D eigenvalue weighted by molar-refractivity contribution is 5.96. The Balaban J connectivity index is 2.12. The first-order valence-electron chi connectivity index (χ1n) is 8.01. The summed E-state index contributed by atoms with van der Waals surface area (Å²) in [5, 5.41) is 1.72. The molecule has 4 aromatic rings. The van der Waals surface area contributed by atoms with Crippen LogP contribution in [0, 0.1) is 6.92 Å². The quantitative estimate of drug-likeness (QED) is 0.512. The summed E-state index contributed by atoms with van der Waals surface area (Å²) in [6, 6.07) is 26.0. The van der Waals surface area contributed by atoms with Crippen LogP contribution in [0.1, 0.15) is 5.56 Å². The van der Waals surface area contributed by atoms with E-state index in [9.17, 15) is 4.79 Å². The van der Waals surface area contributed by atoms with Gasteiger partial charge in [0, 0.05) is 17.1 Å². The maximum Gasteiger partial charge on any atom is 0.262 e. The molecule has 0 N–H and O–H groups in total. The van der Waals surface area contributed by atoms with Gasteiger partial charge in [0.2, 0.25) is 0 Å². The van der Waals surface area contributed by atoms with E-state index in [1.54, 1.807) is 4.57 Å². The summed E-state index contributed by atoms with van der Waals surface area (Å²) in [5.74, 6) is 0. The van der Waals surface area contributed by atoms with Gasteiger partial charge in [-0.05, 0) is 35.6 Å². The Morgan fingerprint density at radius 2 is 1.33 bits per heavy atom. The van der Waals surface area contributed by atoms with Crippen LogP contribution in [-0.2, 0) is 0 Å². The Morgan fingerprint density at radius 3 is 2.08 bits per heavy atom. The van der Waals surface area contributed by atoms with Crippen LogP contribution >= 0.6 is 0 Å². The summed E-state index contributed by atoms with van der Waals surface area (Å²) < 4.78 is 1.76. The third-order valence-electron chi connectivity index (χ3n) is 4.38. The molecule has 4 rings (SSSR count). The van der Waals surface area contributed by atoms with Crippen LogP contribution in [0.2, 0.25) is 0 Å². The molecule has 0 aliphatic rings. The fourth-order valence-electron chi connectivity index (χ4n) is 3.15. The van der Waals surface area contributed by atoms with E-state index < -0.39 is 0 Å². The molecule has 0 fully saturated rings. The minimum absolute atomic E-state index is 0.0135. The molecule has 0 saturated heterocycles. The van der Waals surface area contributed by atoms with Gasteiger partial charge < -0.3 is 0 Å². The van der Waals surface area contributed by atoms with Crippen molar-refractivity contribution in [3.63, 3.8) is 0 Å². The molecule has 0 atom stereocenters. The van der Waals surface area contributed by atoms with Crippen LogP contribution in [0.25, 0.3) is 27.6 Å². The zero-order chi connectivity index (χ0) is 16.5. The lowest BCUT2D eigenvalue weighted by molar-refractivity contribution is 0.996. The van der Waals surface area contributed by atoms with Crippen LogP contribution < -0.4 is 5.56 Å².